The van der Waals surface area contributed by atoms with Gasteiger partial charge in [-0.1, -0.05) is 66.7 Å². The Labute approximate surface area is 185 Å². The summed E-state index contributed by atoms with van der Waals surface area (Å²) >= 11 is 0. The molecule has 0 N–H and O–H groups in total. The molecule has 0 saturated carbocycles. The molecule has 0 bridgehead atoms. The number of carbonyl (C=O) groups excluding carboxylic acids is 1. The lowest BCUT2D eigenvalue weighted by atomic mass is 10.0. The van der Waals surface area contributed by atoms with Crippen molar-refractivity contribution in [2.24, 2.45) is 0 Å². The molecule has 1 aliphatic rings. The minimum absolute atomic E-state index is 0.750. The van der Waals surface area contributed by atoms with Crippen LogP contribution in [0.4, 0.5) is 0 Å². The second kappa shape index (κ2) is 14.3. The van der Waals surface area contributed by atoms with Gasteiger partial charge in [0, 0.05) is 0 Å². The topological polar surface area (TPSA) is 17.1 Å². The summed E-state index contributed by atoms with van der Waals surface area (Å²) in [5.74, 6) is 0. The Morgan fingerprint density at radius 3 is 2.17 bits per heavy atom. The lowest BCUT2D eigenvalue weighted by molar-refractivity contribution is -0.106. The average Bonchev–Trinajstić information content (AvgIpc) is 3.23. The number of fused-ring (bicyclic) bond motifs is 1. The van der Waals surface area contributed by atoms with E-state index in [1.54, 1.807) is 11.1 Å². The van der Waals surface area contributed by atoms with Crippen LogP contribution >= 0.6 is 9.24 Å². The van der Waals surface area contributed by atoms with Gasteiger partial charge in [0.05, 0.1) is 0 Å². The number of carbonyl (C=O) groups is 1. The van der Waals surface area contributed by atoms with Gasteiger partial charge >= 0.3 is 0 Å². The van der Waals surface area contributed by atoms with Crippen LogP contribution in [0.3, 0.4) is 0 Å². The van der Waals surface area contributed by atoms with Gasteiger partial charge in [0.25, 0.3) is 0 Å². The molecule has 156 valence electrons. The SMILES string of the molecule is C#C.CC=O.Cc1cccc2c1CCC2.Cc1ccccc1Cc1cccc(P)c1. The first-order chi connectivity index (χ1) is 14.5. The van der Waals surface area contributed by atoms with Gasteiger partial charge in [-0.25, -0.2) is 0 Å². The van der Waals surface area contributed by atoms with Crippen molar-refractivity contribution in [3.63, 3.8) is 0 Å². The quantitative estimate of drug-likeness (QED) is 0.283. The highest BCUT2D eigenvalue weighted by Gasteiger charge is 2.10. The molecule has 0 amide bonds. The third-order valence-corrected chi connectivity index (χ3v) is 5.35. The molecular formula is C28H33OP. The lowest BCUT2D eigenvalue weighted by Gasteiger charge is -2.06. The highest BCUT2D eigenvalue weighted by Crippen LogP contribution is 2.24. The van der Waals surface area contributed by atoms with Gasteiger partial charge in [-0.3, -0.25) is 0 Å². The largest absolute Gasteiger partial charge is 0.304 e. The van der Waals surface area contributed by atoms with E-state index in [9.17, 15) is 0 Å². The van der Waals surface area contributed by atoms with E-state index in [1.807, 2.05) is 0 Å². The van der Waals surface area contributed by atoms with Crippen molar-refractivity contribution in [1.82, 2.24) is 0 Å². The molecule has 0 fully saturated rings. The molecule has 30 heavy (non-hydrogen) atoms. The standard InChI is InChI=1S/C14H15P.C10H12.C2H4O.C2H2/c1-11-5-2-3-7-13(11)9-12-6-4-8-14(15)10-12;1-8-4-2-5-9-6-3-7-10(8)9;1-2-3;1-2/h2-8,10H,9,15H2,1H3;2,4-5H,3,6-7H2,1H3;2H,1H3;1-2H. The van der Waals surface area contributed by atoms with Gasteiger partial charge in [-0.05, 0) is 85.1 Å². The molecule has 0 radical (unpaired) electrons. The molecule has 3 aromatic rings. The first-order valence-electron chi connectivity index (χ1n) is 10.2. The van der Waals surface area contributed by atoms with E-state index < -0.39 is 0 Å². The molecule has 0 aromatic heterocycles. The molecule has 0 heterocycles. The smallest absolute Gasteiger partial charge is 0.116 e. The van der Waals surface area contributed by atoms with E-state index in [-0.39, 0.29) is 0 Å². The van der Waals surface area contributed by atoms with Crippen molar-refractivity contribution in [2.75, 3.05) is 0 Å². The summed E-state index contributed by atoms with van der Waals surface area (Å²) in [6.45, 7) is 5.82. The average molecular weight is 417 g/mol. The zero-order chi connectivity index (χ0) is 22.4. The molecule has 1 unspecified atom stereocenters. The Kier molecular flexibility index (Phi) is 12.1. The third kappa shape index (κ3) is 8.36. The van der Waals surface area contributed by atoms with Gasteiger partial charge in [0.1, 0.15) is 6.29 Å². The van der Waals surface area contributed by atoms with Crippen molar-refractivity contribution in [1.29, 1.82) is 0 Å². The second-order valence-electron chi connectivity index (χ2n) is 7.15. The van der Waals surface area contributed by atoms with Crippen molar-refractivity contribution in [3.05, 3.63) is 100 Å². The highest BCUT2D eigenvalue weighted by molar-refractivity contribution is 7.27. The minimum atomic E-state index is 0.750. The fraction of sp³-hybridized carbons (Fsp3) is 0.250. The van der Waals surface area contributed by atoms with Crippen LogP contribution < -0.4 is 5.30 Å². The van der Waals surface area contributed by atoms with E-state index in [4.69, 9.17) is 4.79 Å². The van der Waals surface area contributed by atoms with Crippen LogP contribution in [0.1, 0.15) is 46.7 Å². The van der Waals surface area contributed by atoms with Gasteiger partial charge in [0.15, 0.2) is 0 Å². The monoisotopic (exact) mass is 416 g/mol. The number of benzene rings is 3. The number of hydrogen-bond acceptors (Lipinski definition) is 1. The van der Waals surface area contributed by atoms with Crippen LogP contribution in [0.15, 0.2) is 66.7 Å². The Hall–Kier alpha value is -2.68. The van der Waals surface area contributed by atoms with Gasteiger partial charge in [-0.15, -0.1) is 22.1 Å². The van der Waals surface area contributed by atoms with Crippen LogP contribution in [0.2, 0.25) is 0 Å². The summed E-state index contributed by atoms with van der Waals surface area (Å²) in [5, 5.41) is 1.25. The Morgan fingerprint density at radius 1 is 0.900 bits per heavy atom. The second-order valence-corrected chi connectivity index (χ2v) is 7.82. The van der Waals surface area contributed by atoms with Crippen LogP contribution in [0, 0.1) is 26.7 Å². The van der Waals surface area contributed by atoms with Crippen LogP contribution in [0.5, 0.6) is 0 Å². The predicted octanol–water partition coefficient (Wildman–Crippen LogP) is 6.02. The molecule has 0 saturated heterocycles. The lowest BCUT2D eigenvalue weighted by Crippen LogP contribution is -1.96. The summed E-state index contributed by atoms with van der Waals surface area (Å²) in [4.78, 5) is 8.81. The third-order valence-electron chi connectivity index (χ3n) is 4.99. The van der Waals surface area contributed by atoms with E-state index in [1.165, 1.54) is 53.7 Å². The summed E-state index contributed by atoms with van der Waals surface area (Å²) in [7, 11) is 2.74. The number of aryl methyl sites for hydroxylation is 3. The van der Waals surface area contributed by atoms with Crippen LogP contribution in [0.25, 0.3) is 0 Å². The molecule has 1 aliphatic carbocycles. The van der Waals surface area contributed by atoms with Gasteiger partial charge < -0.3 is 4.79 Å². The molecule has 1 nitrogen and oxygen atoms in total. The van der Waals surface area contributed by atoms with Crippen LogP contribution in [-0.4, -0.2) is 6.29 Å². The molecular weight excluding hydrogens is 383 g/mol. The maximum absolute atomic E-state index is 8.81. The van der Waals surface area contributed by atoms with E-state index in [0.717, 1.165) is 12.7 Å². The normalized spacial score (nSPS) is 10.7. The summed E-state index contributed by atoms with van der Waals surface area (Å²) in [6.07, 6.45) is 13.7. The van der Waals surface area contributed by atoms with E-state index >= 15 is 0 Å². The maximum Gasteiger partial charge on any atom is 0.116 e. The molecule has 1 atom stereocenters. The molecule has 4 rings (SSSR count). The zero-order valence-corrected chi connectivity index (χ0v) is 19.6. The molecule has 0 spiro atoms. The van der Waals surface area contributed by atoms with Gasteiger partial charge in [0.2, 0.25) is 0 Å². The maximum atomic E-state index is 8.81. The number of hydrogen-bond donors (Lipinski definition) is 0. The first-order valence-corrected chi connectivity index (χ1v) is 10.8. The molecule has 0 aliphatic heterocycles. The molecule has 3 aromatic carbocycles. The number of terminal acetylenes is 1. The van der Waals surface area contributed by atoms with Crippen LogP contribution in [-0.2, 0) is 24.1 Å². The summed E-state index contributed by atoms with van der Waals surface area (Å²) in [6, 6.07) is 23.8. The fourth-order valence-corrected chi connectivity index (χ4v) is 3.87. The zero-order valence-electron chi connectivity index (χ0n) is 18.4. The first kappa shape index (κ1) is 25.4. The summed E-state index contributed by atoms with van der Waals surface area (Å²) in [5.41, 5.74) is 8.83. The van der Waals surface area contributed by atoms with Crippen molar-refractivity contribution >= 4 is 20.8 Å². The fourth-order valence-electron chi connectivity index (χ4n) is 3.54. The highest BCUT2D eigenvalue weighted by atomic mass is 31.0. The Bertz CT molecular complexity index is 940. The van der Waals surface area contributed by atoms with Crippen molar-refractivity contribution < 1.29 is 4.79 Å². The van der Waals surface area contributed by atoms with E-state index in [0.29, 0.717) is 0 Å². The van der Waals surface area contributed by atoms with Crippen molar-refractivity contribution in [3.8, 4) is 12.8 Å². The molecule has 2 heteroatoms. The van der Waals surface area contributed by atoms with E-state index in [2.05, 4.69) is 103 Å². The Balaban J connectivity index is 0.000000259. The van der Waals surface area contributed by atoms with Crippen molar-refractivity contribution in [2.45, 2.75) is 46.5 Å². The Morgan fingerprint density at radius 2 is 1.53 bits per heavy atom. The van der Waals surface area contributed by atoms with Gasteiger partial charge in [-0.2, -0.15) is 0 Å². The number of aldehydes is 1. The predicted molar refractivity (Wildman–Crippen MR) is 135 cm³/mol. The minimum Gasteiger partial charge on any atom is -0.304 e. The summed E-state index contributed by atoms with van der Waals surface area (Å²) < 4.78 is 0. The number of rotatable bonds is 2.